The highest BCUT2D eigenvalue weighted by atomic mass is 19.1. The van der Waals surface area contributed by atoms with Crippen molar-refractivity contribution in [3.8, 4) is 0 Å². The van der Waals surface area contributed by atoms with Gasteiger partial charge in [-0.05, 0) is 12.8 Å². The Morgan fingerprint density at radius 1 is 1.75 bits per heavy atom. The van der Waals surface area contributed by atoms with Crippen LogP contribution in [0.1, 0.15) is 12.8 Å². The van der Waals surface area contributed by atoms with E-state index < -0.39 is 12.1 Å². The van der Waals surface area contributed by atoms with Gasteiger partial charge in [0.05, 0.1) is 0 Å². The molecule has 0 spiro atoms. The van der Waals surface area contributed by atoms with Gasteiger partial charge in [0.1, 0.15) is 0 Å². The van der Waals surface area contributed by atoms with E-state index in [0.29, 0.717) is 13.0 Å². The van der Waals surface area contributed by atoms with Crippen LogP contribution in [0.5, 0.6) is 0 Å². The molecule has 1 aliphatic heterocycles. The molecule has 0 radical (unpaired) electrons. The molecule has 0 aromatic rings. The maximum Gasteiger partial charge on any atom is 0.254 e. The van der Waals surface area contributed by atoms with Crippen LogP contribution in [0.15, 0.2) is 0 Å². The molecule has 1 saturated heterocycles. The Hall–Kier alpha value is -0.600. The van der Waals surface area contributed by atoms with Crippen LogP contribution in [-0.2, 0) is 4.79 Å². The molecule has 1 rings (SSSR count). The van der Waals surface area contributed by atoms with Crippen molar-refractivity contribution in [3.05, 3.63) is 0 Å². The first-order valence-electron chi connectivity index (χ1n) is 2.72. The number of hydrogen-bond donors (Lipinski definition) is 1. The molecule has 1 unspecified atom stereocenters. The van der Waals surface area contributed by atoms with Crippen LogP contribution in [0.2, 0.25) is 0 Å². The summed E-state index contributed by atoms with van der Waals surface area (Å²) < 4.78 is 12.2. The molecule has 1 amide bonds. The summed E-state index contributed by atoms with van der Waals surface area (Å²) in [6.07, 6.45) is -0.0811. The van der Waals surface area contributed by atoms with E-state index in [4.69, 9.17) is 0 Å². The van der Waals surface area contributed by atoms with Crippen molar-refractivity contribution in [3.63, 3.8) is 0 Å². The number of carbonyl (C=O) groups is 1. The molecule has 1 fully saturated rings. The van der Waals surface area contributed by atoms with E-state index in [1.807, 2.05) is 0 Å². The van der Waals surface area contributed by atoms with Gasteiger partial charge < -0.3 is 5.32 Å². The highest BCUT2D eigenvalue weighted by Crippen LogP contribution is 2.05. The molecular weight excluding hydrogens is 109 g/mol. The smallest absolute Gasteiger partial charge is 0.254 e. The van der Waals surface area contributed by atoms with Crippen molar-refractivity contribution >= 4 is 5.91 Å². The van der Waals surface area contributed by atoms with E-state index >= 15 is 0 Å². The fourth-order valence-corrected chi connectivity index (χ4v) is 0.735. The van der Waals surface area contributed by atoms with Gasteiger partial charge in [-0.1, -0.05) is 0 Å². The summed E-state index contributed by atoms with van der Waals surface area (Å²) in [6, 6.07) is 0. The van der Waals surface area contributed by atoms with Crippen molar-refractivity contribution in [1.82, 2.24) is 5.32 Å². The number of nitrogens with one attached hydrogen (secondary N) is 1. The zero-order valence-electron chi connectivity index (χ0n) is 4.48. The molecule has 46 valence electrons. The number of alkyl halides is 1. The van der Waals surface area contributed by atoms with Crippen LogP contribution >= 0.6 is 0 Å². The summed E-state index contributed by atoms with van der Waals surface area (Å²) in [5, 5.41) is 2.42. The monoisotopic (exact) mass is 117 g/mol. The minimum Gasteiger partial charge on any atom is -0.354 e. The average molecular weight is 117 g/mol. The van der Waals surface area contributed by atoms with Crippen LogP contribution < -0.4 is 5.32 Å². The zero-order chi connectivity index (χ0) is 5.98. The quantitative estimate of drug-likeness (QED) is 0.483. The first kappa shape index (κ1) is 5.54. The van der Waals surface area contributed by atoms with Gasteiger partial charge in [-0.3, -0.25) is 4.79 Å². The predicted molar refractivity (Wildman–Crippen MR) is 27.1 cm³/mol. The fourth-order valence-electron chi connectivity index (χ4n) is 0.735. The van der Waals surface area contributed by atoms with Crippen molar-refractivity contribution in [2.45, 2.75) is 19.0 Å². The number of amides is 1. The lowest BCUT2D eigenvalue weighted by Gasteiger charge is -2.13. The molecule has 1 atom stereocenters. The van der Waals surface area contributed by atoms with Gasteiger partial charge in [0.2, 0.25) is 0 Å². The first-order valence-corrected chi connectivity index (χ1v) is 2.72. The third-order valence-corrected chi connectivity index (χ3v) is 1.22. The lowest BCUT2D eigenvalue weighted by atomic mass is 10.1. The van der Waals surface area contributed by atoms with Gasteiger partial charge in [-0.15, -0.1) is 0 Å². The molecule has 1 aliphatic rings. The molecule has 0 aromatic heterocycles. The van der Waals surface area contributed by atoms with E-state index in [9.17, 15) is 9.18 Å². The number of halogens is 1. The Morgan fingerprint density at radius 3 is 2.88 bits per heavy atom. The van der Waals surface area contributed by atoms with Gasteiger partial charge in [0, 0.05) is 6.54 Å². The molecule has 0 aliphatic carbocycles. The normalized spacial score (nSPS) is 29.6. The largest absolute Gasteiger partial charge is 0.354 e. The van der Waals surface area contributed by atoms with Crippen LogP contribution in [0.3, 0.4) is 0 Å². The van der Waals surface area contributed by atoms with Gasteiger partial charge in [0.15, 0.2) is 6.17 Å². The first-order chi connectivity index (χ1) is 3.80. The second-order valence-corrected chi connectivity index (χ2v) is 1.90. The summed E-state index contributed by atoms with van der Waals surface area (Å²) in [4.78, 5) is 10.3. The number of hydrogen-bond acceptors (Lipinski definition) is 1. The van der Waals surface area contributed by atoms with Crippen molar-refractivity contribution < 1.29 is 9.18 Å². The minimum absolute atomic E-state index is 0.395. The maximum absolute atomic E-state index is 12.2. The number of piperidine rings is 1. The summed E-state index contributed by atoms with van der Waals surface area (Å²) in [5.41, 5.74) is 0. The standard InChI is InChI=1S/C5H8FNO/c6-4-2-1-3-7-5(4)8/h4H,1-3H2,(H,7,8). The third-order valence-electron chi connectivity index (χ3n) is 1.22. The topological polar surface area (TPSA) is 29.1 Å². The van der Waals surface area contributed by atoms with Crippen LogP contribution in [0.25, 0.3) is 0 Å². The second kappa shape index (κ2) is 2.11. The molecule has 0 saturated carbocycles. The average Bonchev–Trinajstić information content (AvgIpc) is 1.77. The Kier molecular flexibility index (Phi) is 1.46. The molecule has 1 N–H and O–H groups in total. The second-order valence-electron chi connectivity index (χ2n) is 1.90. The van der Waals surface area contributed by atoms with Crippen molar-refractivity contribution in [2.75, 3.05) is 6.54 Å². The van der Waals surface area contributed by atoms with E-state index in [1.165, 1.54) is 0 Å². The van der Waals surface area contributed by atoms with Gasteiger partial charge in [-0.2, -0.15) is 0 Å². The lowest BCUT2D eigenvalue weighted by molar-refractivity contribution is -0.127. The molecule has 1 heterocycles. The fraction of sp³-hybridized carbons (Fsp3) is 0.800. The Labute approximate surface area is 47.1 Å². The van der Waals surface area contributed by atoms with Crippen LogP contribution in [0, 0.1) is 0 Å². The summed E-state index contributed by atoms with van der Waals surface area (Å²) in [6.45, 7) is 0.638. The van der Waals surface area contributed by atoms with E-state index in [0.717, 1.165) is 6.42 Å². The van der Waals surface area contributed by atoms with Gasteiger partial charge >= 0.3 is 0 Å². The lowest BCUT2D eigenvalue weighted by Crippen LogP contribution is -2.37. The molecule has 2 nitrogen and oxygen atoms in total. The number of carbonyl (C=O) groups excluding carboxylic acids is 1. The molecule has 0 bridgehead atoms. The third kappa shape index (κ3) is 0.967. The highest BCUT2D eigenvalue weighted by molar-refractivity contribution is 5.81. The van der Waals surface area contributed by atoms with Crippen molar-refractivity contribution in [1.29, 1.82) is 0 Å². The van der Waals surface area contributed by atoms with Crippen LogP contribution in [-0.4, -0.2) is 18.6 Å². The Balaban J connectivity index is 2.39. The van der Waals surface area contributed by atoms with E-state index in [-0.39, 0.29) is 0 Å². The van der Waals surface area contributed by atoms with E-state index in [2.05, 4.69) is 5.32 Å². The van der Waals surface area contributed by atoms with Crippen molar-refractivity contribution in [2.24, 2.45) is 0 Å². The zero-order valence-corrected chi connectivity index (χ0v) is 4.48. The summed E-state index contributed by atoms with van der Waals surface area (Å²) in [5.74, 6) is -0.448. The predicted octanol–water partition coefficient (Wildman–Crippen LogP) is 0.234. The molecular formula is C5H8FNO. The Bertz CT molecular complexity index is 105. The number of rotatable bonds is 0. The summed E-state index contributed by atoms with van der Waals surface area (Å²) >= 11 is 0. The molecule has 8 heavy (non-hydrogen) atoms. The minimum atomic E-state index is -1.25. The SMILES string of the molecule is O=C1NCCCC1F. The van der Waals surface area contributed by atoms with E-state index in [1.54, 1.807) is 0 Å². The van der Waals surface area contributed by atoms with Gasteiger partial charge in [-0.25, -0.2) is 4.39 Å². The Morgan fingerprint density at radius 2 is 2.50 bits per heavy atom. The maximum atomic E-state index is 12.2. The molecule has 0 aromatic carbocycles. The highest BCUT2D eigenvalue weighted by Gasteiger charge is 2.19. The summed E-state index contributed by atoms with van der Waals surface area (Å²) in [7, 11) is 0. The molecule has 3 heteroatoms. The van der Waals surface area contributed by atoms with Crippen LogP contribution in [0.4, 0.5) is 4.39 Å². The van der Waals surface area contributed by atoms with Gasteiger partial charge in [0.25, 0.3) is 5.91 Å².